The lowest BCUT2D eigenvalue weighted by molar-refractivity contribution is -0.155. The molecule has 5 nitrogen and oxygen atoms in total. The molecule has 5 unspecified atom stereocenters. The van der Waals surface area contributed by atoms with Crippen LogP contribution >= 0.6 is 39.1 Å². The number of benzene rings is 1. The zero-order chi connectivity index (χ0) is 25.2. The molecule has 3 fully saturated rings. The van der Waals surface area contributed by atoms with Gasteiger partial charge in [0.1, 0.15) is 5.41 Å². The van der Waals surface area contributed by atoms with E-state index in [9.17, 15) is 4.79 Å². The number of aromatic nitrogens is 2. The van der Waals surface area contributed by atoms with E-state index in [1.54, 1.807) is 12.1 Å². The maximum absolute atomic E-state index is 14.0. The summed E-state index contributed by atoms with van der Waals surface area (Å²) in [5.74, 6) is 0.243. The fourth-order valence-electron chi connectivity index (χ4n) is 7.90. The molecule has 0 N–H and O–H groups in total. The lowest BCUT2D eigenvalue weighted by atomic mass is 9.64. The maximum atomic E-state index is 14.0. The summed E-state index contributed by atoms with van der Waals surface area (Å²) in [6.45, 7) is 11.1. The minimum absolute atomic E-state index is 0.0571. The van der Waals surface area contributed by atoms with E-state index in [4.69, 9.17) is 38.0 Å². The van der Waals surface area contributed by atoms with Crippen molar-refractivity contribution in [1.82, 2.24) is 9.97 Å². The predicted molar refractivity (Wildman–Crippen MR) is 142 cm³/mol. The van der Waals surface area contributed by atoms with E-state index in [1.165, 1.54) is 6.42 Å². The van der Waals surface area contributed by atoms with Crippen LogP contribution in [0.4, 0.5) is 0 Å². The van der Waals surface area contributed by atoms with Gasteiger partial charge in [-0.3, -0.25) is 0 Å². The number of alkyl halides is 1. The molecule has 4 aliphatic rings. The summed E-state index contributed by atoms with van der Waals surface area (Å²) in [5, 5.41) is 6.37. The summed E-state index contributed by atoms with van der Waals surface area (Å²) >= 11 is 16.3. The molecule has 1 heterocycles. The number of rotatable bonds is 3. The van der Waals surface area contributed by atoms with E-state index < -0.39 is 10.8 Å². The van der Waals surface area contributed by atoms with Gasteiger partial charge in [0.25, 0.3) is 0 Å². The summed E-state index contributed by atoms with van der Waals surface area (Å²) in [6.07, 6.45) is 4.66. The Morgan fingerprint density at radius 1 is 1.03 bits per heavy atom. The highest BCUT2D eigenvalue weighted by molar-refractivity contribution is 9.09. The summed E-state index contributed by atoms with van der Waals surface area (Å²) in [5.41, 5.74) is 2.33. The predicted octanol–water partition coefficient (Wildman–Crippen LogP) is 7.39. The van der Waals surface area contributed by atoms with Gasteiger partial charge in [0.2, 0.25) is 0 Å². The average molecular weight is 579 g/mol. The van der Waals surface area contributed by atoms with Gasteiger partial charge in [-0.25, -0.2) is 14.8 Å². The number of hydrogen-bond acceptors (Lipinski definition) is 5. The Kier molecular flexibility index (Phi) is 4.96. The normalized spacial score (nSPS) is 39.5. The van der Waals surface area contributed by atoms with Gasteiger partial charge in [-0.2, -0.15) is 0 Å². The molecule has 6 rings (SSSR count). The quantitative estimate of drug-likeness (QED) is 0.216. The standard InChI is InChI=1S/C27H30BrCl2N3O2/c1-23(2)25(4)8-9-27(23,21-20(25)31-17-11-15(29)16(30)12-18(17)32-21)22(34)35-33-19-10-14-6-7-24(19,3)26(14,5)13-28/h11-12,14H,6-10,13H2,1-5H3/b33-19+. The van der Waals surface area contributed by atoms with Gasteiger partial charge in [0.15, 0.2) is 0 Å². The number of oxime groups is 1. The van der Waals surface area contributed by atoms with E-state index >= 15 is 0 Å². The van der Waals surface area contributed by atoms with Crippen molar-refractivity contribution in [3.63, 3.8) is 0 Å². The van der Waals surface area contributed by atoms with Crippen molar-refractivity contribution in [3.8, 4) is 0 Å². The first-order chi connectivity index (χ1) is 16.4. The van der Waals surface area contributed by atoms with E-state index in [-0.39, 0.29) is 22.2 Å². The van der Waals surface area contributed by atoms with Crippen molar-refractivity contribution in [2.75, 3.05) is 5.33 Å². The third-order valence-electron chi connectivity index (χ3n) is 11.2. The van der Waals surface area contributed by atoms with Crippen molar-refractivity contribution in [1.29, 1.82) is 0 Å². The monoisotopic (exact) mass is 577 g/mol. The number of carbonyl (C=O) groups excluding carboxylic acids is 1. The van der Waals surface area contributed by atoms with Crippen LogP contribution in [0.25, 0.3) is 11.0 Å². The molecule has 5 atom stereocenters. The first kappa shape index (κ1) is 24.1. The van der Waals surface area contributed by atoms with Crippen LogP contribution in [0.3, 0.4) is 0 Å². The molecule has 1 aromatic carbocycles. The van der Waals surface area contributed by atoms with Gasteiger partial charge in [0.05, 0.1) is 38.2 Å². The molecule has 0 radical (unpaired) electrons. The van der Waals surface area contributed by atoms with E-state index in [0.717, 1.165) is 36.0 Å². The molecule has 0 amide bonds. The molecule has 35 heavy (non-hydrogen) atoms. The van der Waals surface area contributed by atoms with Crippen LogP contribution < -0.4 is 0 Å². The van der Waals surface area contributed by atoms with Crippen LogP contribution in [0.15, 0.2) is 17.3 Å². The molecule has 8 heteroatoms. The summed E-state index contributed by atoms with van der Waals surface area (Å²) < 4.78 is 0. The van der Waals surface area contributed by atoms with Crippen LogP contribution in [0.2, 0.25) is 10.0 Å². The average Bonchev–Trinajstić information content (AvgIpc) is 3.33. The topological polar surface area (TPSA) is 64.4 Å². The van der Waals surface area contributed by atoms with Gasteiger partial charge in [-0.05, 0) is 61.0 Å². The van der Waals surface area contributed by atoms with Crippen LogP contribution in [-0.2, 0) is 20.5 Å². The second-order valence-corrected chi connectivity index (χ2v) is 13.7. The Balaban J connectivity index is 1.44. The van der Waals surface area contributed by atoms with Crippen LogP contribution in [0.1, 0.15) is 78.1 Å². The summed E-state index contributed by atoms with van der Waals surface area (Å²) in [7, 11) is 0. The maximum Gasteiger partial charge on any atom is 0.347 e. The molecule has 0 spiro atoms. The lowest BCUT2D eigenvalue weighted by Gasteiger charge is -2.38. The smallest absolute Gasteiger partial charge is 0.317 e. The zero-order valence-corrected chi connectivity index (χ0v) is 23.9. The molecule has 0 saturated heterocycles. The molecular formula is C27H30BrCl2N3O2. The van der Waals surface area contributed by atoms with Gasteiger partial charge < -0.3 is 4.84 Å². The van der Waals surface area contributed by atoms with Gasteiger partial charge in [-0.1, -0.05) is 78.9 Å². The highest BCUT2D eigenvalue weighted by Crippen LogP contribution is 2.70. The van der Waals surface area contributed by atoms with Crippen molar-refractivity contribution in [2.45, 2.75) is 77.6 Å². The molecule has 2 aromatic rings. The van der Waals surface area contributed by atoms with Gasteiger partial charge in [0, 0.05) is 16.2 Å². The van der Waals surface area contributed by atoms with E-state index in [1.807, 2.05) is 0 Å². The second kappa shape index (κ2) is 7.20. The zero-order valence-electron chi connectivity index (χ0n) is 20.8. The molecule has 3 saturated carbocycles. The minimum Gasteiger partial charge on any atom is -0.317 e. The fourth-order valence-corrected chi connectivity index (χ4v) is 9.29. The summed E-state index contributed by atoms with van der Waals surface area (Å²) in [4.78, 5) is 29.9. The number of carbonyl (C=O) groups is 1. The number of nitrogens with zero attached hydrogens (tertiary/aromatic N) is 3. The Morgan fingerprint density at radius 2 is 1.66 bits per heavy atom. The molecular weight excluding hydrogens is 549 g/mol. The van der Waals surface area contributed by atoms with Crippen LogP contribution in [-0.4, -0.2) is 27.0 Å². The number of halogens is 3. The SMILES string of the molecule is CC12CCC(C/C1=N\OC(=O)C13CCC(C)(c4nc5cc(Cl)c(Cl)cc5nc41)C3(C)C)C2(C)CBr. The first-order valence-corrected chi connectivity index (χ1v) is 14.3. The van der Waals surface area contributed by atoms with Crippen LogP contribution in [0.5, 0.6) is 0 Å². The Hall–Kier alpha value is -1.24. The second-order valence-electron chi connectivity index (χ2n) is 12.3. The largest absolute Gasteiger partial charge is 0.347 e. The lowest BCUT2D eigenvalue weighted by Crippen LogP contribution is -2.46. The van der Waals surface area contributed by atoms with Gasteiger partial charge >= 0.3 is 5.97 Å². The van der Waals surface area contributed by atoms with E-state index in [0.29, 0.717) is 39.1 Å². The number of hydrogen-bond donors (Lipinski definition) is 0. The Morgan fingerprint density at radius 3 is 2.26 bits per heavy atom. The molecule has 1 aromatic heterocycles. The third-order valence-corrected chi connectivity index (χ3v) is 13.1. The van der Waals surface area contributed by atoms with Crippen LogP contribution in [0, 0.1) is 22.2 Å². The fraction of sp³-hybridized carbons (Fsp3) is 0.630. The molecule has 186 valence electrons. The van der Waals surface area contributed by atoms with Crippen molar-refractivity contribution < 1.29 is 9.63 Å². The highest BCUT2D eigenvalue weighted by atomic mass is 79.9. The molecule has 4 bridgehead atoms. The highest BCUT2D eigenvalue weighted by Gasteiger charge is 2.74. The van der Waals surface area contributed by atoms with Crippen molar-refractivity contribution in [3.05, 3.63) is 33.6 Å². The Labute approximate surface area is 224 Å². The summed E-state index contributed by atoms with van der Waals surface area (Å²) in [6, 6.07) is 3.48. The third kappa shape index (κ3) is 2.62. The Bertz CT molecular complexity index is 1350. The molecule has 0 aliphatic heterocycles. The van der Waals surface area contributed by atoms with E-state index in [2.05, 4.69) is 55.7 Å². The number of fused-ring (bicyclic) bond motifs is 8. The minimum atomic E-state index is -0.911. The van der Waals surface area contributed by atoms with Gasteiger partial charge in [-0.15, -0.1) is 0 Å². The van der Waals surface area contributed by atoms with Crippen molar-refractivity contribution in [2.24, 2.45) is 27.3 Å². The van der Waals surface area contributed by atoms with Crippen molar-refractivity contribution >= 4 is 61.8 Å². The molecule has 4 aliphatic carbocycles. The first-order valence-electron chi connectivity index (χ1n) is 12.4.